The summed E-state index contributed by atoms with van der Waals surface area (Å²) in [5, 5.41) is 0.831. The van der Waals surface area contributed by atoms with Crippen LogP contribution in [0.3, 0.4) is 0 Å². The van der Waals surface area contributed by atoms with Crippen LogP contribution in [0.4, 0.5) is 0 Å². The van der Waals surface area contributed by atoms with E-state index >= 15 is 0 Å². The third-order valence-electron chi connectivity index (χ3n) is 4.45. The highest BCUT2D eigenvalue weighted by molar-refractivity contribution is 7.98. The molecule has 8 radical (unpaired) electrons. The van der Waals surface area contributed by atoms with Crippen LogP contribution in [0.1, 0.15) is 11.1 Å². The maximum atomic E-state index is 6.35. The summed E-state index contributed by atoms with van der Waals surface area (Å²) < 4.78 is 0. The summed E-state index contributed by atoms with van der Waals surface area (Å²) in [7, 11) is 26.5. The molecule has 1 aromatic heterocycles. The Hall–Kier alpha value is -1.45. The molecular formula is C18H16B4N2S. The minimum Gasteiger partial charge on any atom is -0.361 e. The van der Waals surface area contributed by atoms with Gasteiger partial charge < -0.3 is 10.3 Å². The standard InChI is InChI=1S/C18H16B4N2S/c1-23-18(21,22)17(19,20)13-10-24-14-8-5-9-15(16(13)14)25-11-12-6-3-2-4-7-12/h2-10,23-24H,11H2,1H3. The third-order valence-corrected chi connectivity index (χ3v) is 5.58. The van der Waals surface area contributed by atoms with Crippen molar-refractivity contribution in [3.8, 4) is 0 Å². The maximum Gasteiger partial charge on any atom is 0.0812 e. The Bertz CT molecular complexity index is 862. The van der Waals surface area contributed by atoms with Crippen LogP contribution < -0.4 is 5.32 Å². The number of aromatic nitrogens is 1. The number of hydrogen-bond donors (Lipinski definition) is 2. The lowest BCUT2D eigenvalue weighted by Gasteiger charge is -2.44. The highest BCUT2D eigenvalue weighted by Gasteiger charge is 2.36. The van der Waals surface area contributed by atoms with E-state index in [0.29, 0.717) is 5.56 Å². The molecule has 0 bridgehead atoms. The van der Waals surface area contributed by atoms with Crippen molar-refractivity contribution in [3.63, 3.8) is 0 Å². The first-order valence-electron chi connectivity index (χ1n) is 7.98. The second kappa shape index (κ2) is 7.05. The SMILES string of the molecule is [B]C([B])(NC)C([B])([B])c1c[nH]c2cccc(SCc3ccccc3)c12. The molecule has 0 spiro atoms. The van der Waals surface area contributed by atoms with Gasteiger partial charge in [-0.2, -0.15) is 0 Å². The van der Waals surface area contributed by atoms with Crippen molar-refractivity contribution < 1.29 is 0 Å². The van der Waals surface area contributed by atoms with Crippen LogP contribution in [-0.4, -0.2) is 48.8 Å². The molecule has 3 rings (SSSR count). The van der Waals surface area contributed by atoms with E-state index in [1.807, 2.05) is 30.3 Å². The van der Waals surface area contributed by atoms with Gasteiger partial charge in [0.1, 0.15) is 0 Å². The van der Waals surface area contributed by atoms with Crippen molar-refractivity contribution in [2.24, 2.45) is 0 Å². The zero-order valence-electron chi connectivity index (χ0n) is 14.1. The molecule has 1 heterocycles. The molecule has 0 saturated carbocycles. The minimum atomic E-state index is -1.46. The van der Waals surface area contributed by atoms with Gasteiger partial charge in [-0.3, -0.25) is 0 Å². The molecule has 2 aromatic carbocycles. The summed E-state index contributed by atoms with van der Waals surface area (Å²) in [5.41, 5.74) is 2.87. The predicted octanol–water partition coefficient (Wildman–Crippen LogP) is 2.16. The first-order chi connectivity index (χ1) is 11.9. The molecule has 0 amide bonds. The molecule has 0 fully saturated rings. The topological polar surface area (TPSA) is 27.8 Å². The highest BCUT2D eigenvalue weighted by atomic mass is 32.2. The Labute approximate surface area is 158 Å². The Morgan fingerprint density at radius 1 is 1.00 bits per heavy atom. The van der Waals surface area contributed by atoms with Crippen LogP contribution in [0.25, 0.3) is 10.9 Å². The summed E-state index contributed by atoms with van der Waals surface area (Å²) in [4.78, 5) is 4.29. The van der Waals surface area contributed by atoms with Gasteiger partial charge in [-0.1, -0.05) is 46.9 Å². The van der Waals surface area contributed by atoms with E-state index in [4.69, 9.17) is 31.4 Å². The molecular weight excluding hydrogens is 320 g/mol. The van der Waals surface area contributed by atoms with Gasteiger partial charge in [0.25, 0.3) is 0 Å². The van der Waals surface area contributed by atoms with Crippen LogP contribution in [-0.2, 0) is 11.0 Å². The first kappa shape index (κ1) is 18.3. The number of aromatic amines is 1. The summed E-state index contributed by atoms with van der Waals surface area (Å²) in [6, 6.07) is 16.3. The van der Waals surface area contributed by atoms with E-state index in [1.165, 1.54) is 5.56 Å². The Morgan fingerprint density at radius 3 is 2.40 bits per heavy atom. The fourth-order valence-corrected chi connectivity index (χ4v) is 3.82. The number of fused-ring (bicyclic) bond motifs is 1. The van der Waals surface area contributed by atoms with Gasteiger partial charge in [-0.25, -0.2) is 0 Å². The normalized spacial score (nSPS) is 12.5. The van der Waals surface area contributed by atoms with Crippen molar-refractivity contribution in [2.45, 2.75) is 21.2 Å². The lowest BCUT2D eigenvalue weighted by molar-refractivity contribution is 0.598. The molecule has 2 N–H and O–H groups in total. The van der Waals surface area contributed by atoms with Gasteiger partial charge in [-0.15, -0.1) is 11.8 Å². The van der Waals surface area contributed by atoms with Crippen molar-refractivity contribution in [1.82, 2.24) is 10.3 Å². The van der Waals surface area contributed by atoms with Gasteiger partial charge in [0.2, 0.25) is 0 Å². The number of nitrogens with one attached hydrogen (secondary N) is 2. The average Bonchev–Trinajstić information content (AvgIpc) is 3.06. The smallest absolute Gasteiger partial charge is 0.0812 e. The number of rotatable bonds is 6. The van der Waals surface area contributed by atoms with Crippen LogP contribution in [0, 0.1) is 0 Å². The molecule has 0 unspecified atom stereocenters. The van der Waals surface area contributed by atoms with E-state index in [9.17, 15) is 0 Å². The van der Waals surface area contributed by atoms with Gasteiger partial charge in [0, 0.05) is 27.7 Å². The second-order valence-electron chi connectivity index (χ2n) is 6.14. The van der Waals surface area contributed by atoms with Crippen LogP contribution in [0.5, 0.6) is 0 Å². The Morgan fingerprint density at radius 2 is 1.72 bits per heavy atom. The lowest BCUT2D eigenvalue weighted by Crippen LogP contribution is -2.62. The van der Waals surface area contributed by atoms with Gasteiger partial charge in [0.15, 0.2) is 0 Å². The van der Waals surface area contributed by atoms with Crippen molar-refractivity contribution in [2.75, 3.05) is 7.05 Å². The monoisotopic (exact) mass is 336 g/mol. The Balaban J connectivity index is 2.02. The number of benzene rings is 2. The molecule has 0 atom stereocenters. The van der Waals surface area contributed by atoms with Crippen LogP contribution in [0.15, 0.2) is 59.6 Å². The summed E-state index contributed by atoms with van der Waals surface area (Å²) in [6.07, 6.45) is 1.78. The fourth-order valence-electron chi connectivity index (χ4n) is 2.76. The average molecular weight is 336 g/mol. The number of hydrogen-bond acceptors (Lipinski definition) is 2. The number of likely N-dealkylation sites (N-methyl/N-ethyl adjacent to an activating group) is 1. The number of thioether (sulfide) groups is 1. The first-order valence-corrected chi connectivity index (χ1v) is 8.97. The molecule has 0 aliphatic carbocycles. The predicted molar refractivity (Wildman–Crippen MR) is 111 cm³/mol. The van der Waals surface area contributed by atoms with Crippen LogP contribution >= 0.6 is 11.8 Å². The lowest BCUT2D eigenvalue weighted by atomic mass is 9.32. The van der Waals surface area contributed by atoms with E-state index in [1.54, 1.807) is 25.0 Å². The molecule has 0 aliphatic heterocycles. The summed E-state index contributed by atoms with van der Waals surface area (Å²) >= 11 is 1.72. The van der Waals surface area contributed by atoms with Crippen LogP contribution in [0.2, 0.25) is 0 Å². The minimum absolute atomic E-state index is 0.679. The summed E-state index contributed by atoms with van der Waals surface area (Å²) in [6.45, 7) is 0. The molecule has 7 heteroatoms. The van der Waals surface area contributed by atoms with Crippen molar-refractivity contribution >= 4 is 54.0 Å². The van der Waals surface area contributed by atoms with Crippen molar-refractivity contribution in [1.29, 1.82) is 0 Å². The Kier molecular flexibility index (Phi) is 5.17. The zero-order chi connectivity index (χ0) is 18.1. The quantitative estimate of drug-likeness (QED) is 0.534. The van der Waals surface area contributed by atoms with Gasteiger partial charge >= 0.3 is 0 Å². The highest BCUT2D eigenvalue weighted by Crippen LogP contribution is 2.38. The maximum absolute atomic E-state index is 6.35. The largest absolute Gasteiger partial charge is 0.361 e. The van der Waals surface area contributed by atoms with E-state index in [0.717, 1.165) is 21.6 Å². The third kappa shape index (κ3) is 3.45. The van der Waals surface area contributed by atoms with E-state index in [-0.39, 0.29) is 0 Å². The molecule has 0 aliphatic rings. The molecule has 25 heavy (non-hydrogen) atoms. The fraction of sp³-hybridized carbons (Fsp3) is 0.222. The second-order valence-corrected chi connectivity index (χ2v) is 7.16. The number of H-pyrrole nitrogens is 1. The van der Waals surface area contributed by atoms with Gasteiger partial charge in [0.05, 0.1) is 31.4 Å². The van der Waals surface area contributed by atoms with Crippen molar-refractivity contribution in [3.05, 3.63) is 65.9 Å². The molecule has 0 saturated heterocycles. The molecule has 2 nitrogen and oxygen atoms in total. The molecule has 3 aromatic rings. The van der Waals surface area contributed by atoms with Gasteiger partial charge in [-0.05, 0) is 30.3 Å². The van der Waals surface area contributed by atoms with E-state index in [2.05, 4.69) is 28.5 Å². The van der Waals surface area contributed by atoms with E-state index < -0.39 is 10.6 Å². The summed E-state index contributed by atoms with van der Waals surface area (Å²) in [5.74, 6) is 0.842. The molecule has 116 valence electrons. The zero-order valence-corrected chi connectivity index (χ0v) is 14.9.